The quantitative estimate of drug-likeness (QED) is 0.800. The lowest BCUT2D eigenvalue weighted by Crippen LogP contribution is -2.22. The predicted molar refractivity (Wildman–Crippen MR) is 68.8 cm³/mol. The molecular formula is C12H24N4. The zero-order valence-corrected chi connectivity index (χ0v) is 11.1. The Morgan fingerprint density at radius 3 is 2.69 bits per heavy atom. The SMILES string of the molecule is Cc1cn(CC(C)C)c(NCCN(C)C)n1. The molecule has 92 valence electrons. The van der Waals surface area contributed by atoms with Gasteiger partial charge in [-0.3, -0.25) is 0 Å². The van der Waals surface area contributed by atoms with Crippen LogP contribution in [0.3, 0.4) is 0 Å². The fraction of sp³-hybridized carbons (Fsp3) is 0.750. The van der Waals surface area contributed by atoms with Crippen molar-refractivity contribution in [1.82, 2.24) is 14.5 Å². The summed E-state index contributed by atoms with van der Waals surface area (Å²) >= 11 is 0. The summed E-state index contributed by atoms with van der Waals surface area (Å²) < 4.78 is 2.20. The highest BCUT2D eigenvalue weighted by atomic mass is 15.2. The molecule has 0 aliphatic rings. The van der Waals surface area contributed by atoms with Gasteiger partial charge in [0.2, 0.25) is 5.95 Å². The lowest BCUT2D eigenvalue weighted by atomic mass is 10.2. The summed E-state index contributed by atoms with van der Waals surface area (Å²) in [6, 6.07) is 0. The molecule has 4 heteroatoms. The molecule has 1 heterocycles. The number of imidazole rings is 1. The third-order valence-electron chi connectivity index (χ3n) is 2.30. The van der Waals surface area contributed by atoms with E-state index in [1.807, 2.05) is 6.92 Å². The average molecular weight is 224 g/mol. The molecule has 0 aliphatic heterocycles. The maximum atomic E-state index is 4.49. The number of anilines is 1. The van der Waals surface area contributed by atoms with E-state index in [0.29, 0.717) is 5.92 Å². The zero-order chi connectivity index (χ0) is 12.1. The highest BCUT2D eigenvalue weighted by Crippen LogP contribution is 2.10. The van der Waals surface area contributed by atoms with Crippen molar-refractivity contribution in [2.24, 2.45) is 5.92 Å². The summed E-state index contributed by atoms with van der Waals surface area (Å²) in [5.41, 5.74) is 1.08. The van der Waals surface area contributed by atoms with E-state index >= 15 is 0 Å². The molecule has 0 amide bonds. The van der Waals surface area contributed by atoms with Crippen molar-refractivity contribution in [2.45, 2.75) is 27.3 Å². The first-order valence-electron chi connectivity index (χ1n) is 5.91. The number of nitrogens with one attached hydrogen (secondary N) is 1. The number of likely N-dealkylation sites (N-methyl/N-ethyl adjacent to an activating group) is 1. The molecular weight excluding hydrogens is 200 g/mol. The van der Waals surface area contributed by atoms with Crippen LogP contribution in [0, 0.1) is 12.8 Å². The molecule has 0 atom stereocenters. The molecule has 16 heavy (non-hydrogen) atoms. The summed E-state index contributed by atoms with van der Waals surface area (Å²) in [6.45, 7) is 9.45. The number of hydrogen-bond acceptors (Lipinski definition) is 3. The van der Waals surface area contributed by atoms with E-state index in [4.69, 9.17) is 0 Å². The fourth-order valence-electron chi connectivity index (χ4n) is 1.61. The Hall–Kier alpha value is -1.03. The van der Waals surface area contributed by atoms with Gasteiger partial charge in [0.1, 0.15) is 0 Å². The number of aromatic nitrogens is 2. The third-order valence-corrected chi connectivity index (χ3v) is 2.30. The largest absolute Gasteiger partial charge is 0.354 e. The Labute approximate surface area is 98.7 Å². The lowest BCUT2D eigenvalue weighted by Gasteiger charge is -2.13. The van der Waals surface area contributed by atoms with E-state index in [1.54, 1.807) is 0 Å². The normalized spacial score (nSPS) is 11.4. The van der Waals surface area contributed by atoms with Crippen molar-refractivity contribution in [3.8, 4) is 0 Å². The summed E-state index contributed by atoms with van der Waals surface area (Å²) in [5.74, 6) is 1.64. The molecule has 0 aromatic carbocycles. The van der Waals surface area contributed by atoms with Gasteiger partial charge in [0.05, 0.1) is 5.69 Å². The van der Waals surface area contributed by atoms with E-state index in [9.17, 15) is 0 Å². The lowest BCUT2D eigenvalue weighted by molar-refractivity contribution is 0.424. The van der Waals surface area contributed by atoms with Crippen molar-refractivity contribution in [3.05, 3.63) is 11.9 Å². The van der Waals surface area contributed by atoms with Gasteiger partial charge >= 0.3 is 0 Å². The van der Waals surface area contributed by atoms with E-state index in [1.165, 1.54) is 0 Å². The molecule has 0 aliphatic carbocycles. The minimum Gasteiger partial charge on any atom is -0.354 e. The van der Waals surface area contributed by atoms with Gasteiger partial charge in [0, 0.05) is 25.8 Å². The fourth-order valence-corrected chi connectivity index (χ4v) is 1.61. The molecule has 0 saturated carbocycles. The second-order valence-electron chi connectivity index (χ2n) is 4.98. The van der Waals surface area contributed by atoms with E-state index < -0.39 is 0 Å². The number of rotatable bonds is 6. The summed E-state index contributed by atoms with van der Waals surface area (Å²) in [5, 5.41) is 3.38. The van der Waals surface area contributed by atoms with Crippen LogP contribution < -0.4 is 5.32 Å². The maximum Gasteiger partial charge on any atom is 0.203 e. The first-order valence-corrected chi connectivity index (χ1v) is 5.91. The van der Waals surface area contributed by atoms with E-state index in [-0.39, 0.29) is 0 Å². The highest BCUT2D eigenvalue weighted by molar-refractivity contribution is 5.28. The van der Waals surface area contributed by atoms with Crippen LogP contribution in [0.4, 0.5) is 5.95 Å². The molecule has 0 radical (unpaired) electrons. The van der Waals surface area contributed by atoms with Gasteiger partial charge in [-0.1, -0.05) is 13.8 Å². The van der Waals surface area contributed by atoms with Gasteiger partial charge in [-0.25, -0.2) is 4.98 Å². The van der Waals surface area contributed by atoms with Crippen molar-refractivity contribution in [1.29, 1.82) is 0 Å². The molecule has 0 saturated heterocycles. The van der Waals surface area contributed by atoms with Gasteiger partial charge in [-0.05, 0) is 26.9 Å². The molecule has 0 unspecified atom stereocenters. The molecule has 1 rings (SSSR count). The van der Waals surface area contributed by atoms with Crippen LogP contribution in [0.15, 0.2) is 6.20 Å². The predicted octanol–water partition coefficient (Wildman–Crippen LogP) is 1.82. The second-order valence-corrected chi connectivity index (χ2v) is 4.98. The minimum atomic E-state index is 0.642. The van der Waals surface area contributed by atoms with Crippen molar-refractivity contribution in [3.63, 3.8) is 0 Å². The van der Waals surface area contributed by atoms with Crippen LogP contribution in [0.1, 0.15) is 19.5 Å². The standard InChI is InChI=1S/C12H24N4/c1-10(2)8-16-9-11(3)14-12(16)13-6-7-15(4)5/h9-10H,6-8H2,1-5H3,(H,13,14). The van der Waals surface area contributed by atoms with Crippen molar-refractivity contribution < 1.29 is 0 Å². The van der Waals surface area contributed by atoms with Crippen molar-refractivity contribution >= 4 is 5.95 Å². The molecule has 0 bridgehead atoms. The number of aryl methyl sites for hydroxylation is 1. The minimum absolute atomic E-state index is 0.642. The Morgan fingerprint density at radius 1 is 1.44 bits per heavy atom. The Kier molecular flexibility index (Phi) is 4.80. The van der Waals surface area contributed by atoms with Crippen LogP contribution in [-0.4, -0.2) is 41.6 Å². The third kappa shape index (κ3) is 4.23. The van der Waals surface area contributed by atoms with Crippen LogP contribution in [0.25, 0.3) is 0 Å². The van der Waals surface area contributed by atoms with Gasteiger partial charge in [0.25, 0.3) is 0 Å². The van der Waals surface area contributed by atoms with Gasteiger partial charge in [-0.15, -0.1) is 0 Å². The first kappa shape index (κ1) is 13.0. The number of hydrogen-bond donors (Lipinski definition) is 1. The van der Waals surface area contributed by atoms with E-state index in [0.717, 1.165) is 31.3 Å². The van der Waals surface area contributed by atoms with Gasteiger partial charge in [-0.2, -0.15) is 0 Å². The van der Waals surface area contributed by atoms with Crippen LogP contribution in [-0.2, 0) is 6.54 Å². The Bertz CT molecular complexity index is 315. The molecule has 0 fully saturated rings. The Morgan fingerprint density at radius 2 is 2.12 bits per heavy atom. The monoisotopic (exact) mass is 224 g/mol. The molecule has 1 aromatic heterocycles. The van der Waals surface area contributed by atoms with Crippen LogP contribution in [0.2, 0.25) is 0 Å². The van der Waals surface area contributed by atoms with E-state index in [2.05, 4.69) is 53.9 Å². The molecule has 0 spiro atoms. The molecule has 1 aromatic rings. The Balaban J connectivity index is 2.56. The van der Waals surface area contributed by atoms with Crippen LogP contribution in [0.5, 0.6) is 0 Å². The number of nitrogens with zero attached hydrogens (tertiary/aromatic N) is 3. The van der Waals surface area contributed by atoms with Crippen LogP contribution >= 0.6 is 0 Å². The topological polar surface area (TPSA) is 33.1 Å². The summed E-state index contributed by atoms with van der Waals surface area (Å²) in [4.78, 5) is 6.66. The molecule has 4 nitrogen and oxygen atoms in total. The highest BCUT2D eigenvalue weighted by Gasteiger charge is 2.06. The molecule has 1 N–H and O–H groups in total. The summed E-state index contributed by atoms with van der Waals surface area (Å²) in [7, 11) is 4.15. The second kappa shape index (κ2) is 5.89. The smallest absolute Gasteiger partial charge is 0.203 e. The first-order chi connectivity index (χ1) is 7.49. The zero-order valence-electron chi connectivity index (χ0n) is 11.1. The average Bonchev–Trinajstić information content (AvgIpc) is 2.44. The van der Waals surface area contributed by atoms with Crippen molar-refractivity contribution in [2.75, 3.05) is 32.5 Å². The van der Waals surface area contributed by atoms with Gasteiger partial charge < -0.3 is 14.8 Å². The summed E-state index contributed by atoms with van der Waals surface area (Å²) in [6.07, 6.45) is 2.11. The maximum absolute atomic E-state index is 4.49. The van der Waals surface area contributed by atoms with Gasteiger partial charge in [0.15, 0.2) is 0 Å².